The van der Waals surface area contributed by atoms with Crippen LogP contribution < -0.4 is 5.32 Å². The van der Waals surface area contributed by atoms with Crippen LogP contribution in [0.4, 0.5) is 0 Å². The molecule has 0 spiro atoms. The van der Waals surface area contributed by atoms with Crippen LogP contribution in [0.2, 0.25) is 0 Å². The Bertz CT molecular complexity index is 402. The summed E-state index contributed by atoms with van der Waals surface area (Å²) in [6.45, 7) is 8.04. The third-order valence-corrected chi connectivity index (χ3v) is 3.98. The molecule has 19 heavy (non-hydrogen) atoms. The maximum absolute atomic E-state index is 5.46. The van der Waals surface area contributed by atoms with Gasteiger partial charge in [0.2, 0.25) is 0 Å². The molecule has 0 radical (unpaired) electrons. The second-order valence-corrected chi connectivity index (χ2v) is 5.68. The summed E-state index contributed by atoms with van der Waals surface area (Å²) >= 11 is 0. The third kappa shape index (κ3) is 4.05. The summed E-state index contributed by atoms with van der Waals surface area (Å²) < 4.78 is 5.46. The highest BCUT2D eigenvalue weighted by molar-refractivity contribution is 5.35. The third-order valence-electron chi connectivity index (χ3n) is 3.98. The molecular formula is C17H27NO. The van der Waals surface area contributed by atoms with E-state index in [4.69, 9.17) is 4.74 Å². The Morgan fingerprint density at radius 1 is 1.16 bits per heavy atom. The zero-order valence-corrected chi connectivity index (χ0v) is 12.5. The Hall–Kier alpha value is -0.860. The van der Waals surface area contributed by atoms with Gasteiger partial charge in [-0.15, -0.1) is 0 Å². The highest BCUT2D eigenvalue weighted by atomic mass is 16.5. The normalized spacial score (nSPS) is 17.8. The lowest BCUT2D eigenvalue weighted by Crippen LogP contribution is -2.32. The summed E-state index contributed by atoms with van der Waals surface area (Å²) in [6.07, 6.45) is 5.22. The van der Waals surface area contributed by atoms with Crippen LogP contribution in [0.25, 0.3) is 0 Å². The molecule has 1 N–H and O–H groups in total. The van der Waals surface area contributed by atoms with E-state index in [1.807, 2.05) is 6.92 Å². The van der Waals surface area contributed by atoms with Crippen molar-refractivity contribution in [1.29, 1.82) is 0 Å². The first kappa shape index (κ1) is 14.5. The van der Waals surface area contributed by atoms with E-state index < -0.39 is 0 Å². The lowest BCUT2D eigenvalue weighted by molar-refractivity contribution is 0.124. The summed E-state index contributed by atoms with van der Waals surface area (Å²) in [7, 11) is 0. The van der Waals surface area contributed by atoms with Gasteiger partial charge in [-0.2, -0.15) is 0 Å². The molecule has 1 aromatic rings. The highest BCUT2D eigenvalue weighted by Crippen LogP contribution is 2.24. The molecule has 0 aliphatic heterocycles. The van der Waals surface area contributed by atoms with Crippen LogP contribution in [0.1, 0.15) is 56.3 Å². The number of aryl methyl sites for hydroxylation is 2. The number of rotatable bonds is 6. The number of hydrogen-bond acceptors (Lipinski definition) is 2. The molecule has 0 fully saturated rings. The van der Waals surface area contributed by atoms with Gasteiger partial charge in [0.05, 0.1) is 6.61 Å². The quantitative estimate of drug-likeness (QED) is 0.844. The average molecular weight is 261 g/mol. The molecule has 0 saturated carbocycles. The van der Waals surface area contributed by atoms with Gasteiger partial charge in [0, 0.05) is 18.7 Å². The summed E-state index contributed by atoms with van der Waals surface area (Å²) in [5.41, 5.74) is 4.53. The average Bonchev–Trinajstić information content (AvgIpc) is 2.44. The highest BCUT2D eigenvalue weighted by Gasteiger charge is 2.13. The zero-order chi connectivity index (χ0) is 13.7. The van der Waals surface area contributed by atoms with Crippen molar-refractivity contribution in [1.82, 2.24) is 5.32 Å². The van der Waals surface area contributed by atoms with Crippen molar-refractivity contribution < 1.29 is 4.74 Å². The van der Waals surface area contributed by atoms with Crippen LogP contribution in [0, 0.1) is 0 Å². The summed E-state index contributed by atoms with van der Waals surface area (Å²) in [6, 6.07) is 7.80. The lowest BCUT2D eigenvalue weighted by atomic mass is 9.89. The zero-order valence-electron chi connectivity index (χ0n) is 12.5. The molecule has 1 aliphatic carbocycles. The summed E-state index contributed by atoms with van der Waals surface area (Å²) in [4.78, 5) is 0. The van der Waals surface area contributed by atoms with Crippen molar-refractivity contribution in [2.24, 2.45) is 0 Å². The van der Waals surface area contributed by atoms with Crippen LogP contribution in [0.5, 0.6) is 0 Å². The van der Waals surface area contributed by atoms with Crippen molar-refractivity contribution in [2.75, 3.05) is 13.2 Å². The van der Waals surface area contributed by atoms with Gasteiger partial charge >= 0.3 is 0 Å². The van der Waals surface area contributed by atoms with E-state index in [0.717, 1.165) is 13.2 Å². The Morgan fingerprint density at radius 2 is 1.89 bits per heavy atom. The lowest BCUT2D eigenvalue weighted by Gasteiger charge is -2.23. The summed E-state index contributed by atoms with van der Waals surface area (Å²) in [5, 5.41) is 3.61. The van der Waals surface area contributed by atoms with Gasteiger partial charge in [-0.3, -0.25) is 0 Å². The smallest absolute Gasteiger partial charge is 0.0616 e. The van der Waals surface area contributed by atoms with E-state index in [-0.39, 0.29) is 0 Å². The second-order valence-electron chi connectivity index (χ2n) is 5.68. The number of benzene rings is 1. The van der Waals surface area contributed by atoms with Crippen LogP contribution in [0.3, 0.4) is 0 Å². The molecule has 0 aromatic heterocycles. The van der Waals surface area contributed by atoms with Gasteiger partial charge in [0.15, 0.2) is 0 Å². The molecule has 1 aromatic carbocycles. The fourth-order valence-electron chi connectivity index (χ4n) is 2.89. The number of hydrogen-bond donors (Lipinski definition) is 1. The van der Waals surface area contributed by atoms with Crippen molar-refractivity contribution in [2.45, 2.75) is 58.5 Å². The van der Waals surface area contributed by atoms with Crippen molar-refractivity contribution in [3.8, 4) is 0 Å². The van der Waals surface area contributed by atoms with Crippen molar-refractivity contribution in [3.05, 3.63) is 34.9 Å². The van der Waals surface area contributed by atoms with Gasteiger partial charge < -0.3 is 10.1 Å². The van der Waals surface area contributed by atoms with Gasteiger partial charge in [0.25, 0.3) is 0 Å². The maximum atomic E-state index is 5.46. The summed E-state index contributed by atoms with van der Waals surface area (Å²) in [5.74, 6) is 0. The fraction of sp³-hybridized carbons (Fsp3) is 0.647. The maximum Gasteiger partial charge on any atom is 0.0616 e. The molecule has 2 nitrogen and oxygen atoms in total. The molecule has 0 bridgehead atoms. The van der Waals surface area contributed by atoms with Crippen LogP contribution in [0.15, 0.2) is 18.2 Å². The monoisotopic (exact) mass is 261 g/mol. The number of ether oxygens (including phenoxy) is 1. The largest absolute Gasteiger partial charge is 0.380 e. The second kappa shape index (κ2) is 7.06. The fourth-order valence-corrected chi connectivity index (χ4v) is 2.89. The molecule has 2 rings (SSSR count). The molecule has 106 valence electrons. The minimum atomic E-state index is 0.391. The van der Waals surface area contributed by atoms with E-state index in [9.17, 15) is 0 Å². The van der Waals surface area contributed by atoms with Crippen molar-refractivity contribution in [3.63, 3.8) is 0 Å². The van der Waals surface area contributed by atoms with E-state index in [2.05, 4.69) is 37.4 Å². The molecular weight excluding hydrogens is 234 g/mol. The standard InChI is InChI=1S/C17H27NO/c1-4-19-12-13(2)18-14(3)16-10-9-15-7-5-6-8-17(15)11-16/h9-11,13-14,18H,4-8,12H2,1-3H3. The topological polar surface area (TPSA) is 21.3 Å². The SMILES string of the molecule is CCOCC(C)NC(C)c1ccc2c(c1)CCCC2. The van der Waals surface area contributed by atoms with E-state index in [0.29, 0.717) is 12.1 Å². The van der Waals surface area contributed by atoms with Crippen molar-refractivity contribution >= 4 is 0 Å². The van der Waals surface area contributed by atoms with Gasteiger partial charge in [0.1, 0.15) is 0 Å². The minimum Gasteiger partial charge on any atom is -0.380 e. The molecule has 2 unspecified atom stereocenters. The Kier molecular flexibility index (Phi) is 5.41. The van der Waals surface area contributed by atoms with Gasteiger partial charge in [-0.05, 0) is 63.1 Å². The van der Waals surface area contributed by atoms with E-state index in [1.54, 1.807) is 11.1 Å². The first-order chi connectivity index (χ1) is 9.20. The predicted octanol–water partition coefficient (Wildman–Crippen LogP) is 3.64. The number of nitrogens with one attached hydrogen (secondary N) is 1. The number of fused-ring (bicyclic) bond motifs is 1. The van der Waals surface area contributed by atoms with Gasteiger partial charge in [-0.1, -0.05) is 18.2 Å². The van der Waals surface area contributed by atoms with Crippen LogP contribution in [-0.4, -0.2) is 19.3 Å². The van der Waals surface area contributed by atoms with Gasteiger partial charge in [-0.25, -0.2) is 0 Å². The molecule has 2 atom stereocenters. The minimum absolute atomic E-state index is 0.391. The van der Waals surface area contributed by atoms with E-state index in [1.165, 1.54) is 31.2 Å². The first-order valence-electron chi connectivity index (χ1n) is 7.66. The van der Waals surface area contributed by atoms with Crippen LogP contribution >= 0.6 is 0 Å². The molecule has 0 saturated heterocycles. The molecule has 0 amide bonds. The molecule has 1 aliphatic rings. The predicted molar refractivity (Wildman–Crippen MR) is 80.6 cm³/mol. The Labute approximate surface area is 117 Å². The first-order valence-corrected chi connectivity index (χ1v) is 7.66. The molecule has 0 heterocycles. The van der Waals surface area contributed by atoms with Crippen LogP contribution in [-0.2, 0) is 17.6 Å². The van der Waals surface area contributed by atoms with E-state index >= 15 is 0 Å². The Balaban J connectivity index is 1.97. The Morgan fingerprint density at radius 3 is 2.63 bits per heavy atom. The molecule has 2 heteroatoms.